The SMILES string of the molecule is COC(=O)Cn1c(=NC(=O)Cc2ccc3c(c2)OCO3)sc2cc(SC)ccc21. The molecule has 7 nitrogen and oxygen atoms in total. The highest BCUT2D eigenvalue weighted by molar-refractivity contribution is 7.98. The summed E-state index contributed by atoms with van der Waals surface area (Å²) in [4.78, 5) is 30.4. The average Bonchev–Trinajstić information content (AvgIpc) is 3.31. The van der Waals surface area contributed by atoms with E-state index in [0.29, 0.717) is 16.3 Å². The van der Waals surface area contributed by atoms with Crippen molar-refractivity contribution in [3.63, 3.8) is 0 Å². The molecule has 1 aromatic heterocycles. The molecule has 4 rings (SSSR count). The van der Waals surface area contributed by atoms with Gasteiger partial charge in [-0.1, -0.05) is 17.4 Å². The smallest absolute Gasteiger partial charge is 0.325 e. The van der Waals surface area contributed by atoms with Crippen LogP contribution in [0.15, 0.2) is 46.3 Å². The van der Waals surface area contributed by atoms with Crippen molar-refractivity contribution >= 4 is 45.2 Å². The molecular formula is C20H18N2O5S2. The highest BCUT2D eigenvalue weighted by Crippen LogP contribution is 2.32. The van der Waals surface area contributed by atoms with Crippen molar-refractivity contribution in [1.82, 2.24) is 4.57 Å². The van der Waals surface area contributed by atoms with Crippen molar-refractivity contribution in [2.75, 3.05) is 20.2 Å². The highest BCUT2D eigenvalue weighted by Gasteiger charge is 2.15. The maximum absolute atomic E-state index is 12.6. The number of carbonyl (C=O) groups is 2. The summed E-state index contributed by atoms with van der Waals surface area (Å²) < 4.78 is 18.1. The van der Waals surface area contributed by atoms with Crippen molar-refractivity contribution < 1.29 is 23.8 Å². The van der Waals surface area contributed by atoms with Crippen LogP contribution in [0.4, 0.5) is 0 Å². The van der Waals surface area contributed by atoms with E-state index in [1.807, 2.05) is 30.5 Å². The molecule has 2 heterocycles. The lowest BCUT2D eigenvalue weighted by Gasteiger charge is -2.04. The fraction of sp³-hybridized carbons (Fsp3) is 0.250. The quantitative estimate of drug-likeness (QED) is 0.457. The fourth-order valence-electron chi connectivity index (χ4n) is 2.98. The predicted octanol–water partition coefficient (Wildman–Crippen LogP) is 3.00. The van der Waals surface area contributed by atoms with Gasteiger partial charge in [0.1, 0.15) is 6.54 Å². The van der Waals surface area contributed by atoms with Gasteiger partial charge in [0.05, 0.1) is 23.7 Å². The molecular weight excluding hydrogens is 412 g/mol. The van der Waals surface area contributed by atoms with Crippen molar-refractivity contribution in [3.05, 3.63) is 46.8 Å². The summed E-state index contributed by atoms with van der Waals surface area (Å²) in [5, 5.41) is 0. The second kappa shape index (κ2) is 8.30. The lowest BCUT2D eigenvalue weighted by molar-refractivity contribution is -0.141. The van der Waals surface area contributed by atoms with Crippen LogP contribution in [-0.4, -0.2) is 36.6 Å². The normalized spacial score (nSPS) is 13.1. The van der Waals surface area contributed by atoms with Crippen LogP contribution in [0.1, 0.15) is 5.56 Å². The lowest BCUT2D eigenvalue weighted by atomic mass is 10.1. The average molecular weight is 431 g/mol. The minimum Gasteiger partial charge on any atom is -0.468 e. The summed E-state index contributed by atoms with van der Waals surface area (Å²) in [5.41, 5.74) is 1.63. The van der Waals surface area contributed by atoms with Crippen LogP contribution < -0.4 is 14.3 Å². The Morgan fingerprint density at radius 3 is 2.83 bits per heavy atom. The van der Waals surface area contributed by atoms with Gasteiger partial charge in [0.2, 0.25) is 6.79 Å². The molecule has 9 heteroatoms. The number of ether oxygens (including phenoxy) is 3. The highest BCUT2D eigenvalue weighted by atomic mass is 32.2. The first-order valence-electron chi connectivity index (χ1n) is 8.77. The van der Waals surface area contributed by atoms with E-state index < -0.39 is 5.97 Å². The number of rotatable bonds is 5. The summed E-state index contributed by atoms with van der Waals surface area (Å²) >= 11 is 3.00. The second-order valence-electron chi connectivity index (χ2n) is 6.25. The first kappa shape index (κ1) is 19.5. The third-order valence-corrected chi connectivity index (χ3v) is 6.18. The number of fused-ring (bicyclic) bond motifs is 2. The number of nitrogens with zero attached hydrogens (tertiary/aromatic N) is 2. The van der Waals surface area contributed by atoms with Crippen LogP contribution in [0, 0.1) is 0 Å². The molecule has 0 unspecified atom stereocenters. The van der Waals surface area contributed by atoms with Crippen LogP contribution in [0.3, 0.4) is 0 Å². The number of methoxy groups -OCH3 is 1. The van der Waals surface area contributed by atoms with Gasteiger partial charge in [-0.25, -0.2) is 0 Å². The molecule has 0 radical (unpaired) electrons. The monoisotopic (exact) mass is 430 g/mol. The molecule has 1 amide bonds. The Hall–Kier alpha value is -2.78. The molecule has 0 saturated heterocycles. The van der Waals surface area contributed by atoms with Gasteiger partial charge >= 0.3 is 5.97 Å². The van der Waals surface area contributed by atoms with Crippen LogP contribution in [0.5, 0.6) is 11.5 Å². The van der Waals surface area contributed by atoms with E-state index in [1.165, 1.54) is 18.4 Å². The lowest BCUT2D eigenvalue weighted by Crippen LogP contribution is -2.22. The number of aromatic nitrogens is 1. The van der Waals surface area contributed by atoms with E-state index in [2.05, 4.69) is 4.99 Å². The summed E-state index contributed by atoms with van der Waals surface area (Å²) in [6, 6.07) is 11.3. The molecule has 1 aliphatic rings. The van der Waals surface area contributed by atoms with Crippen LogP contribution in [0.2, 0.25) is 0 Å². The van der Waals surface area contributed by atoms with Crippen molar-refractivity contribution in [3.8, 4) is 11.5 Å². The number of thiazole rings is 1. The largest absolute Gasteiger partial charge is 0.468 e. The minimum atomic E-state index is -0.400. The Bertz CT molecular complexity index is 1170. The van der Waals surface area contributed by atoms with Gasteiger partial charge in [0, 0.05) is 4.90 Å². The van der Waals surface area contributed by atoms with Gasteiger partial charge in [-0.15, -0.1) is 11.8 Å². The van der Waals surface area contributed by atoms with E-state index in [0.717, 1.165) is 20.7 Å². The second-order valence-corrected chi connectivity index (χ2v) is 8.14. The number of hydrogen-bond donors (Lipinski definition) is 0. The maximum atomic E-state index is 12.6. The molecule has 0 fully saturated rings. The van der Waals surface area contributed by atoms with Gasteiger partial charge < -0.3 is 18.8 Å². The molecule has 2 aromatic carbocycles. The summed E-state index contributed by atoms with van der Waals surface area (Å²) in [6.45, 7) is 0.176. The van der Waals surface area contributed by atoms with E-state index in [9.17, 15) is 9.59 Å². The third kappa shape index (κ3) is 4.15. The predicted molar refractivity (Wildman–Crippen MR) is 110 cm³/mol. The standard InChI is InChI=1S/C20H18N2O5S2/c1-25-19(24)10-22-14-5-4-13(28-2)9-17(14)29-20(22)21-18(23)8-12-3-6-15-16(7-12)27-11-26-15/h3-7,9H,8,10-11H2,1-2H3. The van der Waals surface area contributed by atoms with Gasteiger partial charge in [-0.05, 0) is 42.2 Å². The zero-order valence-electron chi connectivity index (χ0n) is 15.8. The topological polar surface area (TPSA) is 79.1 Å². The van der Waals surface area contributed by atoms with Crippen molar-refractivity contribution in [2.45, 2.75) is 17.9 Å². The molecule has 3 aromatic rings. The molecule has 0 spiro atoms. The molecule has 1 aliphatic heterocycles. The molecule has 0 N–H and O–H groups in total. The zero-order valence-corrected chi connectivity index (χ0v) is 17.5. The molecule has 0 bridgehead atoms. The van der Waals surface area contributed by atoms with Gasteiger partial charge in [-0.3, -0.25) is 9.59 Å². The molecule has 0 saturated carbocycles. The summed E-state index contributed by atoms with van der Waals surface area (Å²) in [5.74, 6) is 0.591. The maximum Gasteiger partial charge on any atom is 0.325 e. The van der Waals surface area contributed by atoms with Gasteiger partial charge in [0.25, 0.3) is 5.91 Å². The van der Waals surface area contributed by atoms with E-state index in [-0.39, 0.29) is 25.7 Å². The molecule has 29 heavy (non-hydrogen) atoms. The Balaban J connectivity index is 1.68. The molecule has 150 valence electrons. The fourth-order valence-corrected chi connectivity index (χ4v) is 4.58. The van der Waals surface area contributed by atoms with Gasteiger partial charge in [-0.2, -0.15) is 4.99 Å². The van der Waals surface area contributed by atoms with Crippen LogP contribution in [-0.2, 0) is 27.3 Å². The van der Waals surface area contributed by atoms with Crippen LogP contribution >= 0.6 is 23.1 Å². The van der Waals surface area contributed by atoms with Crippen molar-refractivity contribution in [2.24, 2.45) is 4.99 Å². The Labute approximate surface area is 174 Å². The number of benzene rings is 2. The Morgan fingerprint density at radius 2 is 2.03 bits per heavy atom. The van der Waals surface area contributed by atoms with Gasteiger partial charge in [0.15, 0.2) is 16.3 Å². The minimum absolute atomic E-state index is 0.00868. The molecule has 0 atom stereocenters. The van der Waals surface area contributed by atoms with Crippen molar-refractivity contribution in [1.29, 1.82) is 0 Å². The first-order chi connectivity index (χ1) is 14.1. The number of amides is 1. The summed E-state index contributed by atoms with van der Waals surface area (Å²) in [7, 11) is 1.34. The number of carbonyl (C=O) groups excluding carboxylic acids is 2. The zero-order chi connectivity index (χ0) is 20.4. The number of hydrogen-bond acceptors (Lipinski definition) is 7. The van der Waals surface area contributed by atoms with E-state index in [1.54, 1.807) is 28.5 Å². The Kier molecular flexibility index (Phi) is 5.59. The van der Waals surface area contributed by atoms with E-state index in [4.69, 9.17) is 14.2 Å². The Morgan fingerprint density at radius 1 is 1.21 bits per heavy atom. The van der Waals surface area contributed by atoms with E-state index >= 15 is 0 Å². The number of thioether (sulfide) groups is 1. The third-order valence-electron chi connectivity index (χ3n) is 4.42. The number of esters is 1. The van der Waals surface area contributed by atoms with Crippen LogP contribution in [0.25, 0.3) is 10.2 Å². The first-order valence-corrected chi connectivity index (χ1v) is 10.8. The summed E-state index contributed by atoms with van der Waals surface area (Å²) in [6.07, 6.45) is 2.12. The molecule has 0 aliphatic carbocycles.